The van der Waals surface area contributed by atoms with E-state index in [9.17, 15) is 9.59 Å². The third-order valence-electron chi connectivity index (χ3n) is 3.11. The lowest BCUT2D eigenvalue weighted by atomic mass is 10.3. The summed E-state index contributed by atoms with van der Waals surface area (Å²) in [5.74, 6) is 1.63. The second kappa shape index (κ2) is 6.71. The van der Waals surface area contributed by atoms with Crippen LogP contribution in [-0.4, -0.2) is 16.8 Å². The summed E-state index contributed by atoms with van der Waals surface area (Å²) in [6.07, 6.45) is 0. The summed E-state index contributed by atoms with van der Waals surface area (Å²) in [6.45, 7) is 3.54. The fourth-order valence-electron chi connectivity index (χ4n) is 1.98. The van der Waals surface area contributed by atoms with Crippen molar-refractivity contribution in [1.82, 2.24) is 10.3 Å². The van der Waals surface area contributed by atoms with Crippen LogP contribution in [0.2, 0.25) is 0 Å². The number of nitrogens with one attached hydrogen (secondary N) is 2. The van der Waals surface area contributed by atoms with Crippen molar-refractivity contribution in [1.29, 1.82) is 0 Å². The molecule has 0 aromatic carbocycles. The number of furan rings is 2. The molecular weight excluding hydrogens is 330 g/mol. The highest BCUT2D eigenvalue weighted by molar-refractivity contribution is 7.14. The predicted octanol–water partition coefficient (Wildman–Crippen LogP) is 3.19. The zero-order chi connectivity index (χ0) is 17.1. The largest absolute Gasteiger partial charge is 0.458 e. The van der Waals surface area contributed by atoms with Gasteiger partial charge in [0.25, 0.3) is 5.91 Å². The molecule has 2 amide bonds. The lowest BCUT2D eigenvalue weighted by Crippen LogP contribution is -2.18. The molecule has 0 aliphatic carbocycles. The van der Waals surface area contributed by atoms with Crippen LogP contribution < -0.4 is 10.6 Å². The summed E-state index contributed by atoms with van der Waals surface area (Å²) in [5.41, 5.74) is 0.611. The number of carbonyl (C=O) groups is 2. The Balaban J connectivity index is 1.67. The zero-order valence-electron chi connectivity index (χ0n) is 13.1. The van der Waals surface area contributed by atoms with Crippen molar-refractivity contribution in [2.45, 2.75) is 20.4 Å². The van der Waals surface area contributed by atoms with Crippen LogP contribution in [0.15, 0.2) is 38.5 Å². The monoisotopic (exact) mass is 345 g/mol. The Morgan fingerprint density at radius 1 is 1.21 bits per heavy atom. The van der Waals surface area contributed by atoms with Crippen molar-refractivity contribution in [2.24, 2.45) is 0 Å². The normalized spacial score (nSPS) is 10.6. The first-order chi connectivity index (χ1) is 11.5. The number of aryl methyl sites for hydroxylation is 1. The molecule has 24 heavy (non-hydrogen) atoms. The van der Waals surface area contributed by atoms with E-state index in [0.29, 0.717) is 34.7 Å². The van der Waals surface area contributed by atoms with Gasteiger partial charge < -0.3 is 14.2 Å². The Labute approximate surface area is 141 Å². The van der Waals surface area contributed by atoms with E-state index in [-0.39, 0.29) is 17.6 Å². The Morgan fingerprint density at radius 2 is 2.04 bits per heavy atom. The molecule has 3 rings (SSSR count). The smallest absolute Gasteiger partial charge is 0.293 e. The predicted molar refractivity (Wildman–Crippen MR) is 88.7 cm³/mol. The molecule has 2 N–H and O–H groups in total. The first-order valence-corrected chi connectivity index (χ1v) is 8.06. The van der Waals surface area contributed by atoms with Crippen LogP contribution in [-0.2, 0) is 11.3 Å². The molecule has 3 aromatic heterocycles. The van der Waals surface area contributed by atoms with Crippen LogP contribution in [0.25, 0.3) is 11.5 Å². The van der Waals surface area contributed by atoms with Gasteiger partial charge in [-0.25, -0.2) is 4.98 Å². The number of rotatable bonds is 5. The lowest BCUT2D eigenvalue weighted by Gasteiger charge is -1.98. The Kier molecular flexibility index (Phi) is 4.48. The van der Waals surface area contributed by atoms with Gasteiger partial charge in [0.15, 0.2) is 16.7 Å². The molecule has 124 valence electrons. The molecule has 0 fully saturated rings. The van der Waals surface area contributed by atoms with Crippen LogP contribution in [0.1, 0.15) is 29.0 Å². The number of thiazole rings is 1. The minimum absolute atomic E-state index is 0.125. The molecule has 3 heterocycles. The molecule has 7 nitrogen and oxygen atoms in total. The lowest BCUT2D eigenvalue weighted by molar-refractivity contribution is -0.119. The number of hydrogen-bond acceptors (Lipinski definition) is 6. The first-order valence-electron chi connectivity index (χ1n) is 7.18. The minimum atomic E-state index is -0.352. The number of nitrogens with zero attached hydrogens (tertiary/aromatic N) is 1. The standard InChI is InChI=1S/C16H15N3O4S/c1-9-3-5-14(22-9)15(21)19-16-18-12(8-24-16)13-6-4-11(23-13)7-17-10(2)20/h3-6,8H,7H2,1-2H3,(H,17,20)(H,18,19,21). The summed E-state index contributed by atoms with van der Waals surface area (Å²) >= 11 is 1.29. The van der Waals surface area contributed by atoms with Gasteiger partial charge in [0.2, 0.25) is 5.91 Å². The second-order valence-electron chi connectivity index (χ2n) is 5.08. The van der Waals surface area contributed by atoms with Gasteiger partial charge in [-0.1, -0.05) is 0 Å². The van der Waals surface area contributed by atoms with E-state index in [1.54, 1.807) is 36.6 Å². The van der Waals surface area contributed by atoms with Crippen molar-refractivity contribution in [3.63, 3.8) is 0 Å². The van der Waals surface area contributed by atoms with Crippen LogP contribution in [0.4, 0.5) is 5.13 Å². The second-order valence-corrected chi connectivity index (χ2v) is 5.94. The van der Waals surface area contributed by atoms with E-state index in [2.05, 4.69) is 15.6 Å². The molecule has 3 aromatic rings. The minimum Gasteiger partial charge on any atom is -0.458 e. The van der Waals surface area contributed by atoms with Gasteiger partial charge in [-0.2, -0.15) is 0 Å². The van der Waals surface area contributed by atoms with E-state index in [0.717, 1.165) is 0 Å². The number of anilines is 1. The molecule has 0 unspecified atom stereocenters. The van der Waals surface area contributed by atoms with E-state index in [1.165, 1.54) is 18.3 Å². The van der Waals surface area contributed by atoms with E-state index < -0.39 is 0 Å². The maximum absolute atomic E-state index is 12.0. The zero-order valence-corrected chi connectivity index (χ0v) is 13.9. The molecule has 0 atom stereocenters. The molecule has 0 aliphatic rings. The highest BCUT2D eigenvalue weighted by Gasteiger charge is 2.14. The van der Waals surface area contributed by atoms with Gasteiger partial charge in [0.1, 0.15) is 17.2 Å². The van der Waals surface area contributed by atoms with Gasteiger partial charge >= 0.3 is 0 Å². The molecule has 0 aliphatic heterocycles. The van der Waals surface area contributed by atoms with Gasteiger partial charge in [0, 0.05) is 12.3 Å². The van der Waals surface area contributed by atoms with Crippen molar-refractivity contribution < 1.29 is 18.4 Å². The average molecular weight is 345 g/mol. The van der Waals surface area contributed by atoms with Gasteiger partial charge in [-0.15, -0.1) is 11.3 Å². The summed E-state index contributed by atoms with van der Waals surface area (Å²) in [4.78, 5) is 27.3. The molecular formula is C16H15N3O4S. The summed E-state index contributed by atoms with van der Waals surface area (Å²) in [6, 6.07) is 6.88. The van der Waals surface area contributed by atoms with E-state index in [4.69, 9.17) is 8.83 Å². The fourth-order valence-corrected chi connectivity index (χ4v) is 2.68. The van der Waals surface area contributed by atoms with Crippen LogP contribution in [0.5, 0.6) is 0 Å². The third kappa shape index (κ3) is 3.72. The Morgan fingerprint density at radius 3 is 2.75 bits per heavy atom. The van der Waals surface area contributed by atoms with E-state index >= 15 is 0 Å². The quantitative estimate of drug-likeness (QED) is 0.740. The maximum atomic E-state index is 12.0. The average Bonchev–Trinajstić information content (AvgIpc) is 3.24. The number of carbonyl (C=O) groups excluding carboxylic acids is 2. The number of aromatic nitrogens is 1. The van der Waals surface area contributed by atoms with Crippen LogP contribution in [0, 0.1) is 6.92 Å². The third-order valence-corrected chi connectivity index (χ3v) is 3.87. The molecule has 0 saturated heterocycles. The van der Waals surface area contributed by atoms with Crippen molar-refractivity contribution >= 4 is 28.3 Å². The Bertz CT molecular complexity index is 877. The molecule has 0 saturated carbocycles. The molecule has 0 radical (unpaired) electrons. The number of hydrogen-bond donors (Lipinski definition) is 2. The molecule has 0 bridgehead atoms. The maximum Gasteiger partial charge on any atom is 0.293 e. The van der Waals surface area contributed by atoms with E-state index in [1.807, 2.05) is 0 Å². The topological polar surface area (TPSA) is 97.4 Å². The van der Waals surface area contributed by atoms with Crippen molar-refractivity contribution in [2.75, 3.05) is 5.32 Å². The SMILES string of the molecule is CC(=O)NCc1ccc(-c2csc(NC(=O)c3ccc(C)o3)n2)o1. The van der Waals surface area contributed by atoms with Crippen LogP contribution in [0.3, 0.4) is 0 Å². The van der Waals surface area contributed by atoms with Gasteiger partial charge in [0.05, 0.1) is 6.54 Å². The molecule has 0 spiro atoms. The van der Waals surface area contributed by atoms with Crippen LogP contribution >= 0.6 is 11.3 Å². The molecule has 8 heteroatoms. The van der Waals surface area contributed by atoms with Gasteiger partial charge in [-0.05, 0) is 31.2 Å². The fraction of sp³-hybridized carbons (Fsp3) is 0.188. The van der Waals surface area contributed by atoms with Gasteiger partial charge in [-0.3, -0.25) is 14.9 Å². The highest BCUT2D eigenvalue weighted by atomic mass is 32.1. The van der Waals surface area contributed by atoms with Crippen molar-refractivity contribution in [3.8, 4) is 11.5 Å². The van der Waals surface area contributed by atoms with Crippen molar-refractivity contribution in [3.05, 3.63) is 46.9 Å². The summed E-state index contributed by atoms with van der Waals surface area (Å²) < 4.78 is 10.9. The highest BCUT2D eigenvalue weighted by Crippen LogP contribution is 2.27. The number of amides is 2. The summed E-state index contributed by atoms with van der Waals surface area (Å²) in [7, 11) is 0. The summed E-state index contributed by atoms with van der Waals surface area (Å²) in [5, 5.41) is 7.57. The Hall–Kier alpha value is -2.87. The first kappa shape index (κ1) is 16.0.